The molecule has 2 rings (SSSR count). The summed E-state index contributed by atoms with van der Waals surface area (Å²) in [5.74, 6) is -1.08. The fraction of sp³-hybridized carbons (Fsp3) is 0.188. The summed E-state index contributed by atoms with van der Waals surface area (Å²) in [5.41, 5.74) is -1.79. The molecule has 12 heteroatoms. The van der Waals surface area contributed by atoms with Crippen LogP contribution in [-0.2, 0) is 11.3 Å². The topological polar surface area (TPSA) is 165 Å². The lowest BCUT2D eigenvalue weighted by Gasteiger charge is -2.08. The van der Waals surface area contributed by atoms with Gasteiger partial charge in [-0.05, 0) is 24.6 Å². The minimum Gasteiger partial charge on any atom is -0.490 e. The van der Waals surface area contributed by atoms with E-state index in [4.69, 9.17) is 9.47 Å². The molecule has 0 aliphatic rings. The van der Waals surface area contributed by atoms with E-state index >= 15 is 0 Å². The van der Waals surface area contributed by atoms with Gasteiger partial charge in [0.15, 0.2) is 5.75 Å². The van der Waals surface area contributed by atoms with Crippen molar-refractivity contribution in [3.8, 4) is 5.75 Å². The van der Waals surface area contributed by atoms with E-state index in [0.29, 0.717) is 6.07 Å². The monoisotopic (exact) mass is 391 g/mol. The molecule has 0 spiro atoms. The summed E-state index contributed by atoms with van der Waals surface area (Å²) in [5, 5.41) is 33.1. The van der Waals surface area contributed by atoms with Crippen molar-refractivity contribution >= 4 is 23.0 Å². The fourth-order valence-corrected chi connectivity index (χ4v) is 2.39. The van der Waals surface area contributed by atoms with E-state index in [2.05, 4.69) is 0 Å². The third-order valence-corrected chi connectivity index (χ3v) is 3.74. The number of nitro benzene ring substituents is 3. The fourth-order valence-electron chi connectivity index (χ4n) is 2.39. The predicted octanol–water partition coefficient (Wildman–Crippen LogP) is 3.09. The zero-order chi connectivity index (χ0) is 21.0. The summed E-state index contributed by atoms with van der Waals surface area (Å²) in [6.07, 6.45) is 0. The maximum Gasteiger partial charge on any atom is 0.345 e. The third-order valence-electron chi connectivity index (χ3n) is 3.74. The second kappa shape index (κ2) is 8.07. The van der Waals surface area contributed by atoms with Gasteiger partial charge in [-0.3, -0.25) is 30.3 Å². The van der Waals surface area contributed by atoms with Crippen molar-refractivity contribution in [1.82, 2.24) is 0 Å². The molecular formula is C16H13N3O9. The molecule has 146 valence electrons. The lowest BCUT2D eigenvalue weighted by molar-refractivity contribution is -0.394. The Morgan fingerprint density at radius 2 is 1.54 bits per heavy atom. The molecule has 2 aromatic carbocycles. The maximum atomic E-state index is 12.3. The van der Waals surface area contributed by atoms with Crippen LogP contribution in [0.2, 0.25) is 0 Å². The average molecular weight is 391 g/mol. The number of hydrogen-bond acceptors (Lipinski definition) is 9. The second-order valence-corrected chi connectivity index (χ2v) is 5.51. The van der Waals surface area contributed by atoms with Crippen LogP contribution in [-0.4, -0.2) is 27.8 Å². The number of hydrogen-bond donors (Lipinski definition) is 0. The molecule has 28 heavy (non-hydrogen) atoms. The number of aryl methyl sites for hydroxylation is 1. The van der Waals surface area contributed by atoms with Gasteiger partial charge in [0.2, 0.25) is 0 Å². The van der Waals surface area contributed by atoms with Gasteiger partial charge < -0.3 is 9.47 Å². The smallest absolute Gasteiger partial charge is 0.345 e. The van der Waals surface area contributed by atoms with Crippen LogP contribution < -0.4 is 4.74 Å². The van der Waals surface area contributed by atoms with E-state index in [0.717, 1.165) is 12.1 Å². The van der Waals surface area contributed by atoms with Crippen molar-refractivity contribution in [1.29, 1.82) is 0 Å². The number of rotatable bonds is 7. The van der Waals surface area contributed by atoms with Gasteiger partial charge in [0.25, 0.3) is 11.4 Å². The van der Waals surface area contributed by atoms with Crippen LogP contribution in [0.15, 0.2) is 30.3 Å². The van der Waals surface area contributed by atoms with E-state index in [-0.39, 0.29) is 22.6 Å². The van der Waals surface area contributed by atoms with Crippen molar-refractivity contribution in [2.75, 3.05) is 7.11 Å². The number of esters is 1. The molecule has 12 nitrogen and oxygen atoms in total. The van der Waals surface area contributed by atoms with Gasteiger partial charge in [-0.1, -0.05) is 6.07 Å². The lowest BCUT2D eigenvalue weighted by atomic mass is 10.1. The Labute approximate surface area is 156 Å². The average Bonchev–Trinajstić information content (AvgIpc) is 2.64. The highest BCUT2D eigenvalue weighted by atomic mass is 16.6. The quantitative estimate of drug-likeness (QED) is 0.391. The number of methoxy groups -OCH3 is 1. The van der Waals surface area contributed by atoms with Gasteiger partial charge in [-0.25, -0.2) is 4.79 Å². The maximum absolute atomic E-state index is 12.3. The molecule has 0 saturated carbocycles. The normalized spacial score (nSPS) is 10.2. The summed E-state index contributed by atoms with van der Waals surface area (Å²) in [7, 11) is 1.26. The van der Waals surface area contributed by atoms with Gasteiger partial charge in [0.05, 0.1) is 27.9 Å². The van der Waals surface area contributed by atoms with E-state index in [1.165, 1.54) is 26.2 Å². The van der Waals surface area contributed by atoms with Crippen molar-refractivity contribution in [2.24, 2.45) is 0 Å². The molecule has 2 aromatic rings. The number of nitro groups is 3. The molecule has 0 fully saturated rings. The van der Waals surface area contributed by atoms with E-state index < -0.39 is 44.3 Å². The number of nitrogens with zero attached hydrogens (tertiary/aromatic N) is 3. The van der Waals surface area contributed by atoms with Gasteiger partial charge in [-0.15, -0.1) is 0 Å². The molecule has 0 atom stereocenters. The van der Waals surface area contributed by atoms with Crippen LogP contribution in [0.4, 0.5) is 17.1 Å². The van der Waals surface area contributed by atoms with Crippen LogP contribution in [0, 0.1) is 37.3 Å². The number of benzene rings is 2. The van der Waals surface area contributed by atoms with Gasteiger partial charge >= 0.3 is 11.7 Å². The van der Waals surface area contributed by atoms with Crippen molar-refractivity contribution < 1.29 is 29.0 Å². The Hall–Kier alpha value is -4.09. The number of carbonyl (C=O) groups excluding carboxylic acids is 1. The summed E-state index contributed by atoms with van der Waals surface area (Å²) in [4.78, 5) is 43.0. The van der Waals surface area contributed by atoms with E-state index in [1.807, 2.05) is 0 Å². The highest BCUT2D eigenvalue weighted by molar-refractivity contribution is 5.94. The summed E-state index contributed by atoms with van der Waals surface area (Å²) >= 11 is 0. The first kappa shape index (κ1) is 20.2. The minimum absolute atomic E-state index is 0.0155. The van der Waals surface area contributed by atoms with Crippen molar-refractivity contribution in [3.63, 3.8) is 0 Å². The number of carbonyl (C=O) groups is 1. The highest BCUT2D eigenvalue weighted by Gasteiger charge is 2.27. The Morgan fingerprint density at radius 3 is 2.07 bits per heavy atom. The SMILES string of the molecule is COc1ccc(COC(=O)c2cc(C)c([N+](=O)[O-])cc2[N+](=O)[O-])cc1[N+](=O)[O-]. The zero-order valence-electron chi connectivity index (χ0n) is 14.6. The Balaban J connectivity index is 2.30. The van der Waals surface area contributed by atoms with Crippen molar-refractivity contribution in [3.05, 3.63) is 77.4 Å². The molecule has 0 radical (unpaired) electrons. The largest absolute Gasteiger partial charge is 0.490 e. The summed E-state index contributed by atoms with van der Waals surface area (Å²) < 4.78 is 9.85. The van der Waals surface area contributed by atoms with Crippen LogP contribution in [0.5, 0.6) is 5.75 Å². The molecule has 0 aromatic heterocycles. The predicted molar refractivity (Wildman–Crippen MR) is 93.3 cm³/mol. The van der Waals surface area contributed by atoms with Crippen LogP contribution in [0.3, 0.4) is 0 Å². The standard InChI is InChI=1S/C16H13N3O9/c1-9-5-11(13(18(23)24)7-12(9)17(21)22)16(20)28-8-10-3-4-15(27-2)14(6-10)19(25)26/h3-7H,8H2,1-2H3. The molecule has 0 N–H and O–H groups in total. The van der Waals surface area contributed by atoms with Gasteiger partial charge in [0, 0.05) is 11.6 Å². The summed E-state index contributed by atoms with van der Waals surface area (Å²) in [6, 6.07) is 5.56. The molecule has 0 aliphatic carbocycles. The minimum atomic E-state index is -1.09. The summed E-state index contributed by atoms with van der Waals surface area (Å²) in [6.45, 7) is 0.919. The molecular weight excluding hydrogens is 378 g/mol. The van der Waals surface area contributed by atoms with Crippen LogP contribution in [0.25, 0.3) is 0 Å². The Bertz CT molecular complexity index is 988. The van der Waals surface area contributed by atoms with Crippen LogP contribution >= 0.6 is 0 Å². The van der Waals surface area contributed by atoms with E-state index in [9.17, 15) is 35.1 Å². The first-order valence-corrected chi connectivity index (χ1v) is 7.57. The molecule has 0 amide bonds. The highest BCUT2D eigenvalue weighted by Crippen LogP contribution is 2.30. The molecule has 0 saturated heterocycles. The van der Waals surface area contributed by atoms with Gasteiger partial charge in [-0.2, -0.15) is 0 Å². The molecule has 0 unspecified atom stereocenters. The first-order valence-electron chi connectivity index (χ1n) is 7.57. The third kappa shape index (κ3) is 4.17. The Morgan fingerprint density at radius 1 is 0.929 bits per heavy atom. The molecule has 0 heterocycles. The van der Waals surface area contributed by atoms with Crippen molar-refractivity contribution in [2.45, 2.75) is 13.5 Å². The zero-order valence-corrected chi connectivity index (χ0v) is 14.6. The lowest BCUT2D eigenvalue weighted by Crippen LogP contribution is -2.10. The van der Waals surface area contributed by atoms with E-state index in [1.54, 1.807) is 0 Å². The second-order valence-electron chi connectivity index (χ2n) is 5.51. The molecule has 0 bridgehead atoms. The van der Waals surface area contributed by atoms with Gasteiger partial charge in [0.1, 0.15) is 12.2 Å². The first-order chi connectivity index (χ1) is 13.1. The number of ether oxygens (including phenoxy) is 2. The van der Waals surface area contributed by atoms with Crippen LogP contribution in [0.1, 0.15) is 21.5 Å². The Kier molecular flexibility index (Phi) is 5.83. The molecule has 0 aliphatic heterocycles.